The third-order valence-corrected chi connectivity index (χ3v) is 7.18. The van der Waals surface area contributed by atoms with Gasteiger partial charge in [0.15, 0.2) is 5.82 Å². The van der Waals surface area contributed by atoms with Crippen LogP contribution in [0.15, 0.2) is 66.1 Å². The van der Waals surface area contributed by atoms with Gasteiger partial charge in [0.2, 0.25) is 5.91 Å². The summed E-state index contributed by atoms with van der Waals surface area (Å²) < 4.78 is 1.91. The fourth-order valence-electron chi connectivity index (χ4n) is 5.10. The number of nitrogens with two attached hydrogens (primary N) is 1. The van der Waals surface area contributed by atoms with Crippen molar-refractivity contribution < 1.29 is 9.59 Å². The van der Waals surface area contributed by atoms with Gasteiger partial charge in [-0.2, -0.15) is 5.10 Å². The van der Waals surface area contributed by atoms with Gasteiger partial charge in [-0.15, -0.1) is 0 Å². The fourth-order valence-corrected chi connectivity index (χ4v) is 5.10. The Hall–Kier alpha value is -4.66. The van der Waals surface area contributed by atoms with E-state index in [0.29, 0.717) is 42.5 Å². The number of benzene rings is 2. The summed E-state index contributed by atoms with van der Waals surface area (Å²) in [7, 11) is 0. The van der Waals surface area contributed by atoms with Gasteiger partial charge in [0, 0.05) is 37.0 Å². The van der Waals surface area contributed by atoms with Crippen LogP contribution in [-0.4, -0.2) is 44.6 Å². The van der Waals surface area contributed by atoms with Gasteiger partial charge in [0.05, 0.1) is 11.4 Å². The summed E-state index contributed by atoms with van der Waals surface area (Å²) in [5, 5.41) is 10.1. The summed E-state index contributed by atoms with van der Waals surface area (Å²) in [6.07, 6.45) is 3.94. The van der Waals surface area contributed by atoms with E-state index in [2.05, 4.69) is 22.1 Å². The molecule has 0 unspecified atom stereocenters. The van der Waals surface area contributed by atoms with E-state index in [1.165, 1.54) is 6.08 Å². The van der Waals surface area contributed by atoms with Gasteiger partial charge in [-0.25, -0.2) is 5.10 Å². The standard InChI is InChI=1S/C29H30N6O3/c1-4-24(36)34-12-11-21(15-34)35-16-23(25-26(35)29(38)33-32-27(25)30)20-9-7-19(8-10-20)14-31-28(37)22-13-17(2)5-6-18(22)3/h4-10,13,16,21H,1,11-12,14-15H2,2-3H3,(H2,30,32)(H,31,37)(H,33,38)/t21-/m1/s1. The van der Waals surface area contributed by atoms with E-state index in [-0.39, 0.29) is 29.2 Å². The molecule has 3 heterocycles. The third kappa shape index (κ3) is 4.58. The molecule has 4 N–H and O–H groups in total. The molecule has 9 nitrogen and oxygen atoms in total. The predicted octanol–water partition coefficient (Wildman–Crippen LogP) is 3.48. The highest BCUT2D eigenvalue weighted by Gasteiger charge is 2.29. The average molecular weight is 511 g/mol. The first-order valence-electron chi connectivity index (χ1n) is 12.5. The van der Waals surface area contributed by atoms with Gasteiger partial charge >= 0.3 is 0 Å². The van der Waals surface area contributed by atoms with Crippen molar-refractivity contribution in [2.75, 3.05) is 18.8 Å². The lowest BCUT2D eigenvalue weighted by Gasteiger charge is -2.16. The van der Waals surface area contributed by atoms with Crippen LogP contribution in [0.2, 0.25) is 0 Å². The lowest BCUT2D eigenvalue weighted by Crippen LogP contribution is -2.27. The van der Waals surface area contributed by atoms with E-state index in [1.807, 2.05) is 67.1 Å². The maximum absolute atomic E-state index is 12.9. The number of likely N-dealkylation sites (tertiary alicyclic amines) is 1. The van der Waals surface area contributed by atoms with E-state index >= 15 is 0 Å². The number of hydrogen-bond acceptors (Lipinski definition) is 5. The monoisotopic (exact) mass is 510 g/mol. The quantitative estimate of drug-likeness (QED) is 0.343. The second-order valence-electron chi connectivity index (χ2n) is 9.74. The molecule has 1 atom stereocenters. The van der Waals surface area contributed by atoms with E-state index in [1.54, 1.807) is 4.90 Å². The second-order valence-corrected chi connectivity index (χ2v) is 9.74. The van der Waals surface area contributed by atoms with Gasteiger partial charge in [0.1, 0.15) is 5.52 Å². The molecule has 0 saturated carbocycles. The van der Waals surface area contributed by atoms with Crippen molar-refractivity contribution in [2.24, 2.45) is 0 Å². The van der Waals surface area contributed by atoms with Crippen LogP contribution in [0.25, 0.3) is 22.0 Å². The number of H-pyrrole nitrogens is 1. The van der Waals surface area contributed by atoms with Crippen LogP contribution < -0.4 is 16.6 Å². The van der Waals surface area contributed by atoms with Gasteiger partial charge in [-0.05, 0) is 49.1 Å². The molecular formula is C29H30N6O3. The van der Waals surface area contributed by atoms with Crippen LogP contribution >= 0.6 is 0 Å². The third-order valence-electron chi connectivity index (χ3n) is 7.18. The van der Waals surface area contributed by atoms with Gasteiger partial charge in [-0.1, -0.05) is 48.5 Å². The minimum Gasteiger partial charge on any atom is -0.382 e. The number of amides is 2. The van der Waals surface area contributed by atoms with E-state index in [4.69, 9.17) is 5.73 Å². The number of fused-ring (bicyclic) bond motifs is 1. The lowest BCUT2D eigenvalue weighted by molar-refractivity contribution is -0.125. The zero-order valence-electron chi connectivity index (χ0n) is 21.5. The highest BCUT2D eigenvalue weighted by molar-refractivity contribution is 6.02. The first-order chi connectivity index (χ1) is 18.3. The zero-order chi connectivity index (χ0) is 27.0. The number of nitrogens with one attached hydrogen (secondary N) is 2. The number of carbonyl (C=O) groups excluding carboxylic acids is 2. The largest absolute Gasteiger partial charge is 0.382 e. The van der Waals surface area contributed by atoms with Gasteiger partial charge < -0.3 is 20.5 Å². The number of carbonyl (C=O) groups is 2. The van der Waals surface area contributed by atoms with Gasteiger partial charge in [-0.3, -0.25) is 14.4 Å². The summed E-state index contributed by atoms with van der Waals surface area (Å²) >= 11 is 0. The molecule has 1 saturated heterocycles. The van der Waals surface area contributed by atoms with Crippen LogP contribution in [0.1, 0.15) is 39.5 Å². The molecule has 1 fully saturated rings. The molecule has 194 valence electrons. The summed E-state index contributed by atoms with van der Waals surface area (Å²) in [4.78, 5) is 39.4. The highest BCUT2D eigenvalue weighted by Crippen LogP contribution is 2.35. The number of aryl methyl sites for hydroxylation is 2. The number of aromatic nitrogens is 3. The summed E-state index contributed by atoms with van der Waals surface area (Å²) in [6.45, 7) is 8.91. The molecule has 0 aliphatic carbocycles. The number of hydrogen-bond donors (Lipinski definition) is 3. The molecular weight excluding hydrogens is 480 g/mol. The van der Waals surface area contributed by atoms with Crippen LogP contribution in [0.4, 0.5) is 5.82 Å². The Kier molecular flexibility index (Phi) is 6.59. The minimum atomic E-state index is -0.334. The molecule has 2 aromatic heterocycles. The Morgan fingerprint density at radius 3 is 2.71 bits per heavy atom. The molecule has 9 heteroatoms. The molecule has 1 aliphatic rings. The maximum Gasteiger partial charge on any atom is 0.288 e. The van der Waals surface area contributed by atoms with Crippen LogP contribution in [-0.2, 0) is 11.3 Å². The Morgan fingerprint density at radius 1 is 1.21 bits per heavy atom. The second kappa shape index (κ2) is 10.0. The fraction of sp³-hybridized carbons (Fsp3) is 0.241. The molecule has 5 rings (SSSR count). The zero-order valence-corrected chi connectivity index (χ0v) is 21.5. The van der Waals surface area contributed by atoms with Crippen molar-refractivity contribution in [3.8, 4) is 11.1 Å². The van der Waals surface area contributed by atoms with Crippen LogP contribution in [0.5, 0.6) is 0 Å². The Morgan fingerprint density at radius 2 is 1.97 bits per heavy atom. The molecule has 2 aromatic carbocycles. The molecule has 4 aromatic rings. The minimum absolute atomic E-state index is 0.0717. The maximum atomic E-state index is 12.9. The smallest absolute Gasteiger partial charge is 0.288 e. The van der Waals surface area contributed by atoms with Crippen molar-refractivity contribution in [3.63, 3.8) is 0 Å². The average Bonchev–Trinajstić information content (AvgIpc) is 3.57. The number of anilines is 1. The van der Waals surface area contributed by atoms with Crippen LogP contribution in [0.3, 0.4) is 0 Å². The Bertz CT molecular complexity index is 1620. The lowest BCUT2D eigenvalue weighted by atomic mass is 10.0. The normalized spacial score (nSPS) is 15.1. The SMILES string of the molecule is C=CC(=O)N1CC[C@@H](n2cc(-c3ccc(CNC(=O)c4cc(C)ccc4C)cc3)c3c(N)n[nH]c(=O)c32)C1. The molecule has 38 heavy (non-hydrogen) atoms. The van der Waals surface area contributed by atoms with Gasteiger partial charge in [0.25, 0.3) is 11.5 Å². The van der Waals surface area contributed by atoms with Crippen molar-refractivity contribution >= 4 is 28.5 Å². The van der Waals surface area contributed by atoms with Crippen molar-refractivity contribution in [1.29, 1.82) is 0 Å². The van der Waals surface area contributed by atoms with E-state index in [9.17, 15) is 14.4 Å². The Balaban J connectivity index is 1.42. The van der Waals surface area contributed by atoms with Crippen LogP contribution in [0, 0.1) is 13.8 Å². The molecule has 1 aliphatic heterocycles. The number of nitrogens with zero attached hydrogens (tertiary/aromatic N) is 3. The topological polar surface area (TPSA) is 126 Å². The van der Waals surface area contributed by atoms with Crippen molar-refractivity contribution in [2.45, 2.75) is 32.9 Å². The van der Waals surface area contributed by atoms with E-state index < -0.39 is 0 Å². The molecule has 0 radical (unpaired) electrons. The first kappa shape index (κ1) is 25.0. The number of nitrogen functional groups attached to an aromatic ring is 1. The van der Waals surface area contributed by atoms with E-state index in [0.717, 1.165) is 27.8 Å². The summed E-state index contributed by atoms with van der Waals surface area (Å²) in [5.41, 5.74) is 11.6. The molecule has 0 bridgehead atoms. The number of rotatable bonds is 6. The summed E-state index contributed by atoms with van der Waals surface area (Å²) in [5.74, 6) is -0.00767. The molecule has 2 amide bonds. The Labute approximate surface area is 220 Å². The van der Waals surface area contributed by atoms with Crippen molar-refractivity contribution in [1.82, 2.24) is 25.0 Å². The predicted molar refractivity (Wildman–Crippen MR) is 148 cm³/mol. The first-order valence-corrected chi connectivity index (χ1v) is 12.5. The van der Waals surface area contributed by atoms with Crippen molar-refractivity contribution in [3.05, 3.63) is 93.9 Å². The summed E-state index contributed by atoms with van der Waals surface area (Å²) in [6, 6.07) is 13.5. The molecule has 0 spiro atoms. The number of aromatic amines is 1. The highest BCUT2D eigenvalue weighted by atomic mass is 16.2.